The van der Waals surface area contributed by atoms with Crippen molar-refractivity contribution in [2.45, 2.75) is 13.1 Å². The van der Waals surface area contributed by atoms with Gasteiger partial charge in [-0.1, -0.05) is 30.3 Å². The Morgan fingerprint density at radius 2 is 1.84 bits per heavy atom. The number of benzene rings is 2. The Morgan fingerprint density at radius 3 is 2.53 bits per heavy atom. The Hall–Kier alpha value is -2.20. The number of hydrogen-bond acceptors (Lipinski definition) is 2. The van der Waals surface area contributed by atoms with Crippen LogP contribution in [0.4, 0.5) is 4.39 Å². The number of hydrogen-bond donors (Lipinski definition) is 2. The second-order valence-corrected chi connectivity index (χ2v) is 4.22. The van der Waals surface area contributed by atoms with Crippen LogP contribution in [-0.4, -0.2) is 5.91 Å². The van der Waals surface area contributed by atoms with Gasteiger partial charge in [0, 0.05) is 18.7 Å². The molecule has 0 unspecified atom stereocenters. The van der Waals surface area contributed by atoms with Crippen LogP contribution in [0.3, 0.4) is 0 Å². The zero-order valence-corrected chi connectivity index (χ0v) is 10.4. The summed E-state index contributed by atoms with van der Waals surface area (Å²) in [4.78, 5) is 11.9. The Labute approximate surface area is 111 Å². The van der Waals surface area contributed by atoms with Gasteiger partial charge >= 0.3 is 0 Å². The lowest BCUT2D eigenvalue weighted by Gasteiger charge is -2.07. The van der Waals surface area contributed by atoms with Crippen molar-refractivity contribution in [3.63, 3.8) is 0 Å². The first kappa shape index (κ1) is 13.2. The molecule has 4 heteroatoms. The summed E-state index contributed by atoms with van der Waals surface area (Å²) in [5.41, 5.74) is 7.34. The number of carbonyl (C=O) groups is 1. The van der Waals surface area contributed by atoms with Crippen LogP contribution in [-0.2, 0) is 13.1 Å². The Morgan fingerprint density at radius 1 is 1.11 bits per heavy atom. The summed E-state index contributed by atoms with van der Waals surface area (Å²) < 4.78 is 13.3. The number of rotatable bonds is 4. The molecule has 0 aliphatic carbocycles. The zero-order chi connectivity index (χ0) is 13.7. The van der Waals surface area contributed by atoms with Gasteiger partial charge in [-0.25, -0.2) is 4.39 Å². The molecule has 19 heavy (non-hydrogen) atoms. The Balaban J connectivity index is 2.06. The van der Waals surface area contributed by atoms with Gasteiger partial charge in [0.05, 0.1) is 0 Å². The number of halogens is 1. The third-order valence-corrected chi connectivity index (χ3v) is 2.75. The van der Waals surface area contributed by atoms with Crippen LogP contribution in [0.5, 0.6) is 0 Å². The maximum absolute atomic E-state index is 13.3. The molecule has 0 aromatic heterocycles. The van der Waals surface area contributed by atoms with E-state index in [-0.39, 0.29) is 18.0 Å². The fourth-order valence-electron chi connectivity index (χ4n) is 1.78. The predicted octanol–water partition coefficient (Wildman–Crippen LogP) is 2.21. The third kappa shape index (κ3) is 3.63. The topological polar surface area (TPSA) is 55.1 Å². The molecule has 0 saturated heterocycles. The fourth-order valence-corrected chi connectivity index (χ4v) is 1.78. The van der Waals surface area contributed by atoms with Crippen LogP contribution in [0.2, 0.25) is 0 Å². The quantitative estimate of drug-likeness (QED) is 0.883. The van der Waals surface area contributed by atoms with E-state index in [1.54, 1.807) is 6.07 Å². The molecule has 2 aromatic rings. The molecule has 0 aliphatic rings. The number of carbonyl (C=O) groups excluding carboxylic acids is 1. The van der Waals surface area contributed by atoms with E-state index in [0.717, 1.165) is 5.56 Å². The first-order valence-corrected chi connectivity index (χ1v) is 6.00. The van der Waals surface area contributed by atoms with E-state index < -0.39 is 5.82 Å². The van der Waals surface area contributed by atoms with Crippen LogP contribution in [0, 0.1) is 5.82 Å². The lowest BCUT2D eigenvalue weighted by molar-refractivity contribution is 0.0950. The largest absolute Gasteiger partial charge is 0.348 e. The van der Waals surface area contributed by atoms with Gasteiger partial charge in [-0.15, -0.1) is 0 Å². The molecular formula is C15H15FN2O. The Kier molecular flexibility index (Phi) is 4.26. The van der Waals surface area contributed by atoms with Gasteiger partial charge in [-0.3, -0.25) is 4.79 Å². The van der Waals surface area contributed by atoms with Crippen LogP contribution < -0.4 is 11.1 Å². The zero-order valence-electron chi connectivity index (χ0n) is 10.4. The lowest BCUT2D eigenvalue weighted by atomic mass is 10.1. The molecule has 0 aliphatic heterocycles. The monoisotopic (exact) mass is 258 g/mol. The minimum Gasteiger partial charge on any atom is -0.348 e. The lowest BCUT2D eigenvalue weighted by Crippen LogP contribution is -2.23. The summed E-state index contributed by atoms with van der Waals surface area (Å²) in [6.07, 6.45) is 0. The second kappa shape index (κ2) is 6.11. The van der Waals surface area contributed by atoms with Crippen molar-refractivity contribution >= 4 is 5.91 Å². The molecule has 0 fully saturated rings. The predicted molar refractivity (Wildman–Crippen MR) is 71.9 cm³/mol. The summed E-state index contributed by atoms with van der Waals surface area (Å²) in [6.45, 7) is 0.616. The van der Waals surface area contributed by atoms with Gasteiger partial charge in [0.25, 0.3) is 5.91 Å². The molecule has 0 atom stereocenters. The normalized spacial score (nSPS) is 10.2. The molecule has 3 nitrogen and oxygen atoms in total. The van der Waals surface area contributed by atoms with E-state index >= 15 is 0 Å². The van der Waals surface area contributed by atoms with Crippen molar-refractivity contribution in [1.29, 1.82) is 0 Å². The number of nitrogens with one attached hydrogen (secondary N) is 1. The van der Waals surface area contributed by atoms with E-state index in [1.807, 2.05) is 30.3 Å². The van der Waals surface area contributed by atoms with Gasteiger partial charge in [-0.05, 0) is 29.3 Å². The summed E-state index contributed by atoms with van der Waals surface area (Å²) in [5, 5.41) is 2.75. The maximum Gasteiger partial charge on any atom is 0.251 e. The number of amides is 1. The molecule has 0 radical (unpaired) electrons. The molecule has 2 aromatic carbocycles. The summed E-state index contributed by atoms with van der Waals surface area (Å²) in [6, 6.07) is 13.7. The van der Waals surface area contributed by atoms with Crippen LogP contribution in [0.25, 0.3) is 0 Å². The van der Waals surface area contributed by atoms with Gasteiger partial charge < -0.3 is 11.1 Å². The highest BCUT2D eigenvalue weighted by atomic mass is 19.1. The molecule has 3 N–H and O–H groups in total. The van der Waals surface area contributed by atoms with Crippen molar-refractivity contribution in [2.75, 3.05) is 0 Å². The van der Waals surface area contributed by atoms with Crippen molar-refractivity contribution in [3.8, 4) is 0 Å². The molecule has 0 heterocycles. The van der Waals surface area contributed by atoms with Crippen molar-refractivity contribution in [3.05, 3.63) is 71.0 Å². The molecule has 0 saturated carbocycles. The van der Waals surface area contributed by atoms with Crippen LogP contribution in [0.1, 0.15) is 21.5 Å². The minimum atomic E-state index is -0.451. The van der Waals surface area contributed by atoms with E-state index in [4.69, 9.17) is 5.73 Å². The molecular weight excluding hydrogens is 243 g/mol. The fraction of sp³-hybridized carbons (Fsp3) is 0.133. The molecule has 0 bridgehead atoms. The first-order chi connectivity index (χ1) is 9.19. The molecule has 1 amide bonds. The average molecular weight is 258 g/mol. The number of nitrogens with two attached hydrogens (primary N) is 1. The second-order valence-electron chi connectivity index (χ2n) is 4.22. The van der Waals surface area contributed by atoms with Gasteiger partial charge in [0.1, 0.15) is 5.82 Å². The third-order valence-electron chi connectivity index (χ3n) is 2.75. The van der Waals surface area contributed by atoms with Crippen LogP contribution >= 0.6 is 0 Å². The highest BCUT2D eigenvalue weighted by molar-refractivity contribution is 5.94. The maximum atomic E-state index is 13.3. The highest BCUT2D eigenvalue weighted by Gasteiger charge is 2.08. The van der Waals surface area contributed by atoms with E-state index in [1.165, 1.54) is 12.1 Å². The molecule has 2 rings (SSSR count). The summed E-state index contributed by atoms with van der Waals surface area (Å²) >= 11 is 0. The molecule has 0 spiro atoms. The van der Waals surface area contributed by atoms with E-state index in [9.17, 15) is 9.18 Å². The SMILES string of the molecule is NCc1cc(F)cc(C(=O)NCc2ccccc2)c1. The standard InChI is InChI=1S/C15H15FN2O/c16-14-7-12(9-17)6-13(8-14)15(19)18-10-11-4-2-1-3-5-11/h1-8H,9-10,17H2,(H,18,19). The Bertz CT molecular complexity index is 570. The highest BCUT2D eigenvalue weighted by Crippen LogP contribution is 2.09. The van der Waals surface area contributed by atoms with E-state index in [0.29, 0.717) is 12.1 Å². The van der Waals surface area contributed by atoms with Crippen molar-refractivity contribution in [1.82, 2.24) is 5.32 Å². The summed E-state index contributed by atoms with van der Waals surface area (Å²) in [7, 11) is 0. The van der Waals surface area contributed by atoms with E-state index in [2.05, 4.69) is 5.32 Å². The first-order valence-electron chi connectivity index (χ1n) is 6.00. The van der Waals surface area contributed by atoms with Gasteiger partial charge in [0.2, 0.25) is 0 Å². The minimum absolute atomic E-state index is 0.205. The molecule has 98 valence electrons. The van der Waals surface area contributed by atoms with Crippen LogP contribution in [0.15, 0.2) is 48.5 Å². The average Bonchev–Trinajstić information content (AvgIpc) is 2.45. The van der Waals surface area contributed by atoms with Gasteiger partial charge in [-0.2, -0.15) is 0 Å². The van der Waals surface area contributed by atoms with Gasteiger partial charge in [0.15, 0.2) is 0 Å². The summed E-state index contributed by atoms with van der Waals surface area (Å²) in [5.74, 6) is -0.758. The van der Waals surface area contributed by atoms with Crippen molar-refractivity contribution in [2.24, 2.45) is 5.73 Å². The smallest absolute Gasteiger partial charge is 0.251 e. The van der Waals surface area contributed by atoms with Crippen molar-refractivity contribution < 1.29 is 9.18 Å².